The summed E-state index contributed by atoms with van der Waals surface area (Å²) in [5, 5.41) is 0. The molecule has 1 aromatic rings. The topological polar surface area (TPSA) is 38.9 Å². The SMILES string of the molecule is NC1CCCC(Cc2cccnc2)C1. The summed E-state index contributed by atoms with van der Waals surface area (Å²) in [6, 6.07) is 4.61. The van der Waals surface area contributed by atoms with Gasteiger partial charge >= 0.3 is 0 Å². The molecule has 1 saturated carbocycles. The van der Waals surface area contributed by atoms with E-state index in [0.29, 0.717) is 6.04 Å². The lowest BCUT2D eigenvalue weighted by molar-refractivity contribution is 0.321. The van der Waals surface area contributed by atoms with E-state index in [1.54, 1.807) is 0 Å². The molecule has 1 aliphatic carbocycles. The van der Waals surface area contributed by atoms with Crippen molar-refractivity contribution in [2.45, 2.75) is 38.1 Å². The Morgan fingerprint density at radius 2 is 2.36 bits per heavy atom. The minimum Gasteiger partial charge on any atom is -0.328 e. The first-order valence-corrected chi connectivity index (χ1v) is 5.49. The van der Waals surface area contributed by atoms with E-state index < -0.39 is 0 Å². The van der Waals surface area contributed by atoms with E-state index in [9.17, 15) is 0 Å². The number of aromatic nitrogens is 1. The van der Waals surface area contributed by atoms with Gasteiger partial charge in [0.2, 0.25) is 0 Å². The fourth-order valence-electron chi connectivity index (χ4n) is 2.37. The van der Waals surface area contributed by atoms with Crippen molar-refractivity contribution in [2.75, 3.05) is 0 Å². The van der Waals surface area contributed by atoms with Crippen molar-refractivity contribution in [3.05, 3.63) is 30.1 Å². The lowest BCUT2D eigenvalue weighted by Crippen LogP contribution is -2.28. The van der Waals surface area contributed by atoms with Crippen molar-refractivity contribution in [2.24, 2.45) is 11.7 Å². The molecule has 0 saturated heterocycles. The van der Waals surface area contributed by atoms with Crippen molar-refractivity contribution in [3.63, 3.8) is 0 Å². The Morgan fingerprint density at radius 3 is 3.07 bits per heavy atom. The highest BCUT2D eigenvalue weighted by molar-refractivity contribution is 5.09. The Bertz CT molecular complexity index is 271. The first kappa shape index (κ1) is 9.66. The van der Waals surface area contributed by atoms with E-state index in [4.69, 9.17) is 5.73 Å². The zero-order valence-electron chi connectivity index (χ0n) is 8.52. The van der Waals surface area contributed by atoms with Crippen LogP contribution in [-0.2, 0) is 6.42 Å². The van der Waals surface area contributed by atoms with Crippen molar-refractivity contribution in [1.29, 1.82) is 0 Å². The maximum Gasteiger partial charge on any atom is 0.0299 e. The first-order chi connectivity index (χ1) is 6.84. The normalized spacial score (nSPS) is 27.5. The van der Waals surface area contributed by atoms with Crippen LogP contribution in [0.15, 0.2) is 24.5 Å². The van der Waals surface area contributed by atoms with Gasteiger partial charge in [-0.25, -0.2) is 0 Å². The number of nitrogens with two attached hydrogens (primary N) is 1. The average molecular weight is 190 g/mol. The molecule has 1 fully saturated rings. The molecule has 2 unspecified atom stereocenters. The van der Waals surface area contributed by atoms with Gasteiger partial charge in [0.05, 0.1) is 0 Å². The molecule has 0 radical (unpaired) electrons. The van der Waals surface area contributed by atoms with Gasteiger partial charge in [-0.3, -0.25) is 4.98 Å². The summed E-state index contributed by atoms with van der Waals surface area (Å²) >= 11 is 0. The summed E-state index contributed by atoms with van der Waals surface area (Å²) in [6.07, 6.45) is 9.99. The minimum absolute atomic E-state index is 0.436. The second-order valence-electron chi connectivity index (χ2n) is 4.36. The lowest BCUT2D eigenvalue weighted by Gasteiger charge is -2.26. The maximum atomic E-state index is 5.96. The van der Waals surface area contributed by atoms with Crippen LogP contribution >= 0.6 is 0 Å². The molecule has 1 aliphatic rings. The monoisotopic (exact) mass is 190 g/mol. The second kappa shape index (κ2) is 4.56. The van der Waals surface area contributed by atoms with Crippen LogP contribution in [0.4, 0.5) is 0 Å². The molecule has 2 nitrogen and oxygen atoms in total. The average Bonchev–Trinajstić information content (AvgIpc) is 2.19. The number of rotatable bonds is 2. The Balaban J connectivity index is 1.91. The van der Waals surface area contributed by atoms with Crippen molar-refractivity contribution in [3.8, 4) is 0 Å². The van der Waals surface area contributed by atoms with Crippen LogP contribution in [-0.4, -0.2) is 11.0 Å². The molecule has 0 spiro atoms. The quantitative estimate of drug-likeness (QED) is 0.776. The molecule has 14 heavy (non-hydrogen) atoms. The molecule has 1 heterocycles. The van der Waals surface area contributed by atoms with Crippen molar-refractivity contribution < 1.29 is 0 Å². The molecule has 0 bridgehead atoms. The highest BCUT2D eigenvalue weighted by Gasteiger charge is 2.19. The Kier molecular flexibility index (Phi) is 3.14. The predicted molar refractivity (Wildman–Crippen MR) is 57.9 cm³/mol. The summed E-state index contributed by atoms with van der Waals surface area (Å²) in [4.78, 5) is 4.14. The third-order valence-corrected chi connectivity index (χ3v) is 3.07. The highest BCUT2D eigenvalue weighted by Crippen LogP contribution is 2.25. The van der Waals surface area contributed by atoms with Crippen LogP contribution in [0.25, 0.3) is 0 Å². The number of hydrogen-bond donors (Lipinski definition) is 1. The zero-order valence-corrected chi connectivity index (χ0v) is 8.52. The molecular formula is C12H18N2. The van der Waals surface area contributed by atoms with Gasteiger partial charge in [0.15, 0.2) is 0 Å². The molecule has 2 rings (SSSR count). The van der Waals surface area contributed by atoms with E-state index in [1.165, 1.54) is 31.2 Å². The molecule has 76 valence electrons. The van der Waals surface area contributed by atoms with Gasteiger partial charge in [-0.15, -0.1) is 0 Å². The van der Waals surface area contributed by atoms with Crippen molar-refractivity contribution >= 4 is 0 Å². The molecule has 1 aromatic heterocycles. The molecule has 0 aliphatic heterocycles. The summed E-state index contributed by atoms with van der Waals surface area (Å²) in [5.41, 5.74) is 7.32. The number of nitrogens with zero attached hydrogens (tertiary/aromatic N) is 1. The van der Waals surface area contributed by atoms with E-state index in [2.05, 4.69) is 11.1 Å². The largest absolute Gasteiger partial charge is 0.328 e. The molecular weight excluding hydrogens is 172 g/mol. The lowest BCUT2D eigenvalue weighted by atomic mass is 9.83. The second-order valence-corrected chi connectivity index (χ2v) is 4.36. The molecule has 2 heteroatoms. The van der Waals surface area contributed by atoms with Gasteiger partial charge in [-0.05, 0) is 36.8 Å². The summed E-state index contributed by atoms with van der Waals surface area (Å²) in [7, 11) is 0. The number of pyridine rings is 1. The Labute approximate surface area is 85.5 Å². The summed E-state index contributed by atoms with van der Waals surface area (Å²) in [5.74, 6) is 0.781. The highest BCUT2D eigenvalue weighted by atomic mass is 14.6. The predicted octanol–water partition coefficient (Wildman–Crippen LogP) is 2.14. The van der Waals surface area contributed by atoms with Crippen LogP contribution in [0.3, 0.4) is 0 Å². The Morgan fingerprint density at radius 1 is 1.43 bits per heavy atom. The third-order valence-electron chi connectivity index (χ3n) is 3.07. The van der Waals surface area contributed by atoms with Gasteiger partial charge < -0.3 is 5.73 Å². The van der Waals surface area contributed by atoms with Crippen LogP contribution in [0.5, 0.6) is 0 Å². The van der Waals surface area contributed by atoms with E-state index in [0.717, 1.165) is 12.3 Å². The van der Waals surface area contributed by atoms with Crippen LogP contribution in [0.1, 0.15) is 31.2 Å². The number of hydrogen-bond acceptors (Lipinski definition) is 2. The molecule has 0 amide bonds. The van der Waals surface area contributed by atoms with E-state index in [-0.39, 0.29) is 0 Å². The van der Waals surface area contributed by atoms with Crippen LogP contribution in [0.2, 0.25) is 0 Å². The Hall–Kier alpha value is -0.890. The standard InChI is InChI=1S/C12H18N2/c13-12-5-1-3-10(8-12)7-11-4-2-6-14-9-11/h2,4,6,9-10,12H,1,3,5,7-8,13H2. The van der Waals surface area contributed by atoms with Gasteiger partial charge in [0.25, 0.3) is 0 Å². The van der Waals surface area contributed by atoms with Gasteiger partial charge in [0, 0.05) is 18.4 Å². The summed E-state index contributed by atoms with van der Waals surface area (Å²) in [6.45, 7) is 0. The van der Waals surface area contributed by atoms with E-state index in [1.807, 2.05) is 18.5 Å². The fraction of sp³-hybridized carbons (Fsp3) is 0.583. The first-order valence-electron chi connectivity index (χ1n) is 5.49. The molecule has 0 aromatic carbocycles. The fourth-order valence-corrected chi connectivity index (χ4v) is 2.37. The minimum atomic E-state index is 0.436. The van der Waals surface area contributed by atoms with E-state index >= 15 is 0 Å². The smallest absolute Gasteiger partial charge is 0.0299 e. The van der Waals surface area contributed by atoms with Gasteiger partial charge in [-0.2, -0.15) is 0 Å². The van der Waals surface area contributed by atoms with Gasteiger partial charge in [-0.1, -0.05) is 18.9 Å². The van der Waals surface area contributed by atoms with Crippen molar-refractivity contribution in [1.82, 2.24) is 4.98 Å². The maximum absolute atomic E-state index is 5.96. The zero-order chi connectivity index (χ0) is 9.80. The molecule has 2 N–H and O–H groups in total. The third kappa shape index (κ3) is 2.55. The van der Waals surface area contributed by atoms with Crippen LogP contribution < -0.4 is 5.73 Å². The van der Waals surface area contributed by atoms with Crippen LogP contribution in [0, 0.1) is 5.92 Å². The molecule has 2 atom stereocenters. The van der Waals surface area contributed by atoms with Gasteiger partial charge in [0.1, 0.15) is 0 Å². The summed E-state index contributed by atoms with van der Waals surface area (Å²) < 4.78 is 0.